The molecule has 0 aliphatic carbocycles. The first-order valence-electron chi connectivity index (χ1n) is 5.17. The Morgan fingerprint density at radius 3 is 2.25 bits per heavy atom. The molecule has 3 nitrogen and oxygen atoms in total. The number of alkyl halides is 3. The van der Waals surface area contributed by atoms with Crippen molar-refractivity contribution in [3.05, 3.63) is 0 Å². The molecule has 0 amide bonds. The molecule has 1 N–H and O–H groups in total. The van der Waals surface area contributed by atoms with Gasteiger partial charge in [-0.05, 0) is 11.8 Å². The molecule has 0 unspecified atom stereocenters. The minimum atomic E-state index is -4.53. The summed E-state index contributed by atoms with van der Waals surface area (Å²) in [6, 6.07) is 0. The lowest BCUT2D eigenvalue weighted by atomic mass is 9.90. The van der Waals surface area contributed by atoms with E-state index >= 15 is 0 Å². The van der Waals surface area contributed by atoms with Gasteiger partial charge in [0.15, 0.2) is 0 Å². The molecule has 0 saturated heterocycles. The zero-order chi connectivity index (χ0) is 12.7. The van der Waals surface area contributed by atoms with Crippen molar-refractivity contribution >= 4 is 0 Å². The summed E-state index contributed by atoms with van der Waals surface area (Å²) in [6.07, 6.45) is -3.68. The third-order valence-corrected chi connectivity index (χ3v) is 2.13. The van der Waals surface area contributed by atoms with Crippen LogP contribution in [-0.2, 0) is 9.47 Å². The van der Waals surface area contributed by atoms with Crippen molar-refractivity contribution in [1.29, 1.82) is 0 Å². The predicted molar refractivity (Wildman–Crippen MR) is 55.2 cm³/mol. The number of hydrogen-bond acceptors (Lipinski definition) is 3. The van der Waals surface area contributed by atoms with Crippen LogP contribution in [0.15, 0.2) is 0 Å². The molecule has 0 fully saturated rings. The Balaban J connectivity index is 3.50. The second-order valence-electron chi connectivity index (χ2n) is 4.38. The zero-order valence-electron chi connectivity index (χ0n) is 9.99. The Morgan fingerprint density at radius 1 is 1.12 bits per heavy atom. The molecule has 0 aliphatic rings. The fourth-order valence-electron chi connectivity index (χ4n) is 1.13. The second kappa shape index (κ2) is 7.09. The number of rotatable bonds is 8. The van der Waals surface area contributed by atoms with Crippen molar-refractivity contribution in [3.8, 4) is 0 Å². The smallest absolute Gasteiger partial charge is 0.385 e. The molecule has 0 saturated carbocycles. The van der Waals surface area contributed by atoms with E-state index in [1.54, 1.807) is 7.11 Å². The summed E-state index contributed by atoms with van der Waals surface area (Å²) in [5, 5.41) is 2.93. The Kier molecular flexibility index (Phi) is 6.94. The van der Waals surface area contributed by atoms with E-state index in [4.69, 9.17) is 4.74 Å². The van der Waals surface area contributed by atoms with Crippen molar-refractivity contribution in [2.24, 2.45) is 5.41 Å². The topological polar surface area (TPSA) is 30.5 Å². The summed E-state index contributed by atoms with van der Waals surface area (Å²) in [4.78, 5) is 0. The second-order valence-corrected chi connectivity index (χ2v) is 4.38. The van der Waals surface area contributed by atoms with E-state index in [1.165, 1.54) is 0 Å². The molecule has 0 bridgehead atoms. The minimum absolute atomic E-state index is 0.00818. The van der Waals surface area contributed by atoms with Crippen LogP contribution in [0.2, 0.25) is 0 Å². The van der Waals surface area contributed by atoms with E-state index < -0.39 is 6.36 Å². The van der Waals surface area contributed by atoms with Crippen molar-refractivity contribution in [2.75, 3.05) is 33.4 Å². The number of methoxy groups -OCH3 is 1. The van der Waals surface area contributed by atoms with Gasteiger partial charge in [0.1, 0.15) is 0 Å². The van der Waals surface area contributed by atoms with E-state index in [-0.39, 0.29) is 18.6 Å². The van der Waals surface area contributed by atoms with E-state index in [9.17, 15) is 13.2 Å². The molecule has 0 aromatic carbocycles. The molecule has 98 valence electrons. The highest BCUT2D eigenvalue weighted by molar-refractivity contribution is 4.71. The lowest BCUT2D eigenvalue weighted by Crippen LogP contribution is -2.33. The summed E-state index contributed by atoms with van der Waals surface area (Å²) in [6.45, 7) is 5.18. The van der Waals surface area contributed by atoms with Crippen LogP contribution in [0.3, 0.4) is 0 Å². The Morgan fingerprint density at radius 2 is 1.75 bits per heavy atom. The standard InChI is InChI=1S/C10H20F3NO2/c1-9(2,4-6-15-3)8-14-5-7-16-10(11,12)13/h14H,4-8H2,1-3H3. The van der Waals surface area contributed by atoms with Crippen molar-refractivity contribution in [1.82, 2.24) is 5.32 Å². The van der Waals surface area contributed by atoms with Gasteiger partial charge in [0.2, 0.25) is 0 Å². The van der Waals surface area contributed by atoms with Gasteiger partial charge in [-0.2, -0.15) is 0 Å². The molecular formula is C10H20F3NO2. The average molecular weight is 243 g/mol. The van der Waals surface area contributed by atoms with Gasteiger partial charge in [0, 0.05) is 26.8 Å². The summed E-state index contributed by atoms with van der Waals surface area (Å²) in [5.41, 5.74) is 0.00818. The van der Waals surface area contributed by atoms with Crippen LogP contribution in [0.1, 0.15) is 20.3 Å². The van der Waals surface area contributed by atoms with Gasteiger partial charge < -0.3 is 10.1 Å². The highest BCUT2D eigenvalue weighted by Crippen LogP contribution is 2.18. The monoisotopic (exact) mass is 243 g/mol. The first-order chi connectivity index (χ1) is 7.27. The molecule has 6 heteroatoms. The van der Waals surface area contributed by atoms with Gasteiger partial charge >= 0.3 is 6.36 Å². The molecule has 0 radical (unpaired) electrons. The molecule has 0 spiro atoms. The van der Waals surface area contributed by atoms with E-state index in [0.29, 0.717) is 13.2 Å². The van der Waals surface area contributed by atoms with Crippen molar-refractivity contribution < 1.29 is 22.6 Å². The summed E-state index contributed by atoms with van der Waals surface area (Å²) in [5.74, 6) is 0. The highest BCUT2D eigenvalue weighted by atomic mass is 19.4. The Labute approximate surface area is 94.3 Å². The van der Waals surface area contributed by atoms with Crippen LogP contribution in [0.5, 0.6) is 0 Å². The van der Waals surface area contributed by atoms with Crippen LogP contribution in [-0.4, -0.2) is 39.8 Å². The summed E-state index contributed by atoms with van der Waals surface area (Å²) < 4.78 is 43.4. The normalized spacial score (nSPS) is 13.1. The van der Waals surface area contributed by atoms with Crippen LogP contribution >= 0.6 is 0 Å². The zero-order valence-corrected chi connectivity index (χ0v) is 9.99. The number of ether oxygens (including phenoxy) is 2. The summed E-state index contributed by atoms with van der Waals surface area (Å²) in [7, 11) is 1.63. The fourth-order valence-corrected chi connectivity index (χ4v) is 1.13. The van der Waals surface area contributed by atoms with Crippen LogP contribution in [0.25, 0.3) is 0 Å². The molecule has 0 heterocycles. The van der Waals surface area contributed by atoms with E-state index in [0.717, 1.165) is 6.42 Å². The molecule has 16 heavy (non-hydrogen) atoms. The Bertz CT molecular complexity index is 183. The Hall–Kier alpha value is -0.330. The van der Waals surface area contributed by atoms with Crippen molar-refractivity contribution in [3.63, 3.8) is 0 Å². The van der Waals surface area contributed by atoms with E-state index in [2.05, 4.69) is 10.1 Å². The molecule has 0 aliphatic heterocycles. The maximum absolute atomic E-state index is 11.6. The first kappa shape index (κ1) is 15.7. The highest BCUT2D eigenvalue weighted by Gasteiger charge is 2.28. The van der Waals surface area contributed by atoms with Crippen LogP contribution in [0.4, 0.5) is 13.2 Å². The predicted octanol–water partition coefficient (Wildman–Crippen LogP) is 2.18. The lowest BCUT2D eigenvalue weighted by Gasteiger charge is -2.24. The van der Waals surface area contributed by atoms with E-state index in [1.807, 2.05) is 13.8 Å². The quantitative estimate of drug-likeness (QED) is 0.663. The number of halogens is 3. The van der Waals surface area contributed by atoms with Gasteiger partial charge in [-0.1, -0.05) is 13.8 Å². The first-order valence-corrected chi connectivity index (χ1v) is 5.17. The molecule has 0 aromatic rings. The third-order valence-electron chi connectivity index (χ3n) is 2.13. The van der Waals surface area contributed by atoms with Gasteiger partial charge in [-0.25, -0.2) is 0 Å². The van der Waals surface area contributed by atoms with Gasteiger partial charge in [0.05, 0.1) is 6.61 Å². The lowest BCUT2D eigenvalue weighted by molar-refractivity contribution is -0.323. The minimum Gasteiger partial charge on any atom is -0.385 e. The van der Waals surface area contributed by atoms with Gasteiger partial charge in [0.25, 0.3) is 0 Å². The molecule has 0 aromatic heterocycles. The maximum atomic E-state index is 11.6. The fraction of sp³-hybridized carbons (Fsp3) is 1.00. The third kappa shape index (κ3) is 10.2. The van der Waals surface area contributed by atoms with Gasteiger partial charge in [-0.15, -0.1) is 13.2 Å². The van der Waals surface area contributed by atoms with Crippen LogP contribution < -0.4 is 5.32 Å². The molecular weight excluding hydrogens is 223 g/mol. The summed E-state index contributed by atoms with van der Waals surface area (Å²) >= 11 is 0. The largest absolute Gasteiger partial charge is 0.522 e. The maximum Gasteiger partial charge on any atom is 0.522 e. The van der Waals surface area contributed by atoms with Crippen molar-refractivity contribution in [2.45, 2.75) is 26.6 Å². The molecule has 0 rings (SSSR count). The SMILES string of the molecule is COCCC(C)(C)CNCCOC(F)(F)F. The van der Waals surface area contributed by atoms with Gasteiger partial charge in [-0.3, -0.25) is 4.74 Å². The number of nitrogens with one attached hydrogen (secondary N) is 1. The molecule has 0 atom stereocenters. The average Bonchev–Trinajstić information content (AvgIpc) is 2.12. The van der Waals surface area contributed by atoms with Crippen LogP contribution in [0, 0.1) is 5.41 Å². The number of hydrogen-bond donors (Lipinski definition) is 1.